The summed E-state index contributed by atoms with van der Waals surface area (Å²) in [6.07, 6.45) is -5.45. The minimum absolute atomic E-state index is 0.0357. The molecule has 0 unspecified atom stereocenters. The van der Waals surface area contributed by atoms with Crippen LogP contribution in [0.25, 0.3) is 0 Å². The van der Waals surface area contributed by atoms with Crippen LogP contribution < -0.4 is 10.0 Å². The van der Waals surface area contributed by atoms with Gasteiger partial charge in [0, 0.05) is 25.8 Å². The molecule has 2 amide bonds. The molecule has 1 rings (SSSR count). The second-order valence-electron chi connectivity index (χ2n) is 10.5. The number of halogens is 3. The maximum atomic E-state index is 12.3. The van der Waals surface area contributed by atoms with E-state index in [1.165, 1.54) is 4.90 Å². The number of rotatable bonds is 24. The highest BCUT2D eigenvalue weighted by atomic mass is 32.2. The van der Waals surface area contributed by atoms with Gasteiger partial charge in [0.05, 0.1) is 84.2 Å². The Labute approximate surface area is 268 Å². The molecule has 266 valence electrons. The van der Waals surface area contributed by atoms with Crippen molar-refractivity contribution in [3.8, 4) is 0 Å². The number of ether oxygens (including phenoxy) is 7. The fourth-order valence-corrected chi connectivity index (χ4v) is 4.10. The van der Waals surface area contributed by atoms with E-state index in [1.807, 2.05) is 20.8 Å². The van der Waals surface area contributed by atoms with Crippen molar-refractivity contribution in [3.05, 3.63) is 24.3 Å². The molecule has 0 aliphatic carbocycles. The molecule has 0 saturated carbocycles. The molecule has 0 atom stereocenters. The van der Waals surface area contributed by atoms with Crippen LogP contribution in [0.5, 0.6) is 0 Å². The number of likely N-dealkylation sites (N-methyl/N-ethyl adjacent to an activating group) is 1. The monoisotopic (exact) mass is 689 g/mol. The summed E-state index contributed by atoms with van der Waals surface area (Å²) >= 11 is 0. The van der Waals surface area contributed by atoms with Crippen LogP contribution in [-0.2, 0) is 48.0 Å². The number of amides is 2. The lowest BCUT2D eigenvalue weighted by Crippen LogP contribution is -2.36. The first-order valence-electron chi connectivity index (χ1n) is 14.5. The summed E-state index contributed by atoms with van der Waals surface area (Å²) in [5, 5.41) is 1.63. The highest BCUT2D eigenvalue weighted by Crippen LogP contribution is 2.19. The lowest BCUT2D eigenvalue weighted by Gasteiger charge is -2.24. The lowest BCUT2D eigenvalue weighted by atomic mass is 10.2. The average Bonchev–Trinajstić information content (AvgIpc) is 2.96. The number of alkyl halides is 3. The molecule has 1 aromatic carbocycles. The topological polar surface area (TPSA) is 160 Å². The van der Waals surface area contributed by atoms with E-state index in [9.17, 15) is 31.2 Å². The second-order valence-corrected chi connectivity index (χ2v) is 12.2. The van der Waals surface area contributed by atoms with Crippen molar-refractivity contribution in [1.82, 2.24) is 9.62 Å². The Morgan fingerprint density at radius 1 is 0.717 bits per heavy atom. The zero-order valence-electron chi connectivity index (χ0n) is 26.7. The van der Waals surface area contributed by atoms with Crippen LogP contribution in [0.4, 0.5) is 23.7 Å². The van der Waals surface area contributed by atoms with Gasteiger partial charge in [-0.3, -0.25) is 4.79 Å². The number of nitrogens with one attached hydrogen (secondary N) is 2. The quantitative estimate of drug-likeness (QED) is 0.154. The summed E-state index contributed by atoms with van der Waals surface area (Å²) in [5.74, 6) is -2.16. The number of benzene rings is 1. The molecule has 0 spiro atoms. The standard InChI is InChI=1S/C28H46F3N3O11S/c1-27(2,3)45-26(36)34(4)10-12-40-14-16-42-18-20-44-22-21-43-19-17-41-15-13-39-11-9-32-46(37,38)24-7-5-23(6-8-24)33-25(35)28(29,30)31/h5-8,32H,9-22H2,1-4H3,(H,33,35). The van der Waals surface area contributed by atoms with Gasteiger partial charge in [-0.15, -0.1) is 0 Å². The molecule has 0 aliphatic heterocycles. The van der Waals surface area contributed by atoms with Crippen molar-refractivity contribution in [3.63, 3.8) is 0 Å². The van der Waals surface area contributed by atoms with Crippen molar-refractivity contribution in [2.24, 2.45) is 0 Å². The first-order valence-corrected chi connectivity index (χ1v) is 16.0. The number of carbonyl (C=O) groups excluding carboxylic acids is 2. The highest BCUT2D eigenvalue weighted by Gasteiger charge is 2.38. The van der Waals surface area contributed by atoms with Crippen LogP contribution in [-0.4, -0.2) is 137 Å². The van der Waals surface area contributed by atoms with Crippen molar-refractivity contribution in [1.29, 1.82) is 0 Å². The first kappa shape index (κ1) is 41.4. The normalized spacial score (nSPS) is 12.2. The molecule has 1 aromatic rings. The van der Waals surface area contributed by atoms with E-state index in [2.05, 4.69) is 4.72 Å². The van der Waals surface area contributed by atoms with Gasteiger partial charge in [0.2, 0.25) is 10.0 Å². The molecule has 0 fully saturated rings. The van der Waals surface area contributed by atoms with Gasteiger partial charge in [-0.05, 0) is 45.0 Å². The van der Waals surface area contributed by atoms with E-state index in [0.717, 1.165) is 24.3 Å². The summed E-state index contributed by atoms with van der Waals surface area (Å²) < 4.78 is 101. The van der Waals surface area contributed by atoms with Gasteiger partial charge in [-0.2, -0.15) is 13.2 Å². The third kappa shape index (κ3) is 20.5. The van der Waals surface area contributed by atoms with E-state index >= 15 is 0 Å². The zero-order valence-corrected chi connectivity index (χ0v) is 27.5. The Morgan fingerprint density at radius 3 is 1.54 bits per heavy atom. The van der Waals surface area contributed by atoms with Crippen molar-refractivity contribution in [2.75, 3.05) is 105 Å². The van der Waals surface area contributed by atoms with Crippen LogP contribution in [0, 0.1) is 0 Å². The number of hydrogen-bond acceptors (Lipinski definition) is 11. The number of carbonyl (C=O) groups is 2. The number of hydrogen-bond donors (Lipinski definition) is 2. The Hall–Kier alpha value is -2.58. The van der Waals surface area contributed by atoms with Crippen LogP contribution in [0.2, 0.25) is 0 Å². The third-order valence-corrected chi connectivity index (χ3v) is 6.83. The smallest absolute Gasteiger partial charge is 0.444 e. The first-order chi connectivity index (χ1) is 21.6. The largest absolute Gasteiger partial charge is 0.471 e. The maximum Gasteiger partial charge on any atom is 0.471 e. The lowest BCUT2D eigenvalue weighted by molar-refractivity contribution is -0.167. The van der Waals surface area contributed by atoms with Crippen molar-refractivity contribution in [2.45, 2.75) is 37.4 Å². The average molecular weight is 690 g/mol. The van der Waals surface area contributed by atoms with Crippen molar-refractivity contribution >= 4 is 27.7 Å². The highest BCUT2D eigenvalue weighted by molar-refractivity contribution is 7.89. The summed E-state index contributed by atoms with van der Waals surface area (Å²) in [6, 6.07) is 4.26. The molecule has 2 N–H and O–H groups in total. The minimum Gasteiger partial charge on any atom is -0.444 e. The van der Waals surface area contributed by atoms with Crippen LogP contribution in [0.3, 0.4) is 0 Å². The molecular weight excluding hydrogens is 643 g/mol. The Kier molecular flexibility index (Phi) is 19.9. The molecule has 0 aromatic heterocycles. The Balaban J connectivity index is 1.90. The SMILES string of the molecule is CN(CCOCCOCCOCCOCCOCCOCCNS(=O)(=O)c1ccc(NC(=O)C(F)(F)F)cc1)C(=O)OC(C)(C)C. The van der Waals surface area contributed by atoms with Crippen LogP contribution >= 0.6 is 0 Å². The van der Waals surface area contributed by atoms with Gasteiger partial charge >= 0.3 is 18.2 Å². The molecule has 0 saturated heterocycles. The van der Waals surface area contributed by atoms with Gasteiger partial charge < -0.3 is 43.4 Å². The van der Waals surface area contributed by atoms with E-state index in [-0.39, 0.29) is 36.9 Å². The van der Waals surface area contributed by atoms with Gasteiger partial charge in [0.15, 0.2) is 0 Å². The predicted molar refractivity (Wildman–Crippen MR) is 160 cm³/mol. The number of anilines is 1. The fourth-order valence-electron chi connectivity index (χ4n) is 3.09. The molecule has 0 aliphatic rings. The van der Waals surface area contributed by atoms with Crippen molar-refractivity contribution < 1.29 is 64.3 Å². The number of nitrogens with zero attached hydrogens (tertiary/aromatic N) is 1. The van der Waals surface area contributed by atoms with E-state index in [1.54, 1.807) is 12.4 Å². The second kappa shape index (κ2) is 22.1. The van der Waals surface area contributed by atoms with E-state index in [4.69, 9.17) is 33.2 Å². The molecule has 46 heavy (non-hydrogen) atoms. The summed E-state index contributed by atoms with van der Waals surface area (Å²) in [7, 11) is -2.26. The molecule has 0 bridgehead atoms. The van der Waals surface area contributed by atoms with Gasteiger partial charge in [-0.1, -0.05) is 0 Å². The van der Waals surface area contributed by atoms with Gasteiger partial charge in [0.25, 0.3) is 0 Å². The number of sulfonamides is 1. The van der Waals surface area contributed by atoms with Gasteiger partial charge in [0.1, 0.15) is 5.60 Å². The summed E-state index contributed by atoms with van der Waals surface area (Å²) in [5.41, 5.74) is -0.731. The summed E-state index contributed by atoms with van der Waals surface area (Å²) in [6.45, 7) is 9.86. The fraction of sp³-hybridized carbons (Fsp3) is 0.714. The van der Waals surface area contributed by atoms with Gasteiger partial charge in [-0.25, -0.2) is 17.9 Å². The van der Waals surface area contributed by atoms with E-state index in [0.29, 0.717) is 66.0 Å². The van der Waals surface area contributed by atoms with E-state index < -0.39 is 33.8 Å². The predicted octanol–water partition coefficient (Wildman–Crippen LogP) is 2.43. The minimum atomic E-state index is -5.05. The maximum absolute atomic E-state index is 12.3. The molecular formula is C28H46F3N3O11S. The summed E-state index contributed by atoms with van der Waals surface area (Å²) in [4.78, 5) is 24.1. The third-order valence-electron chi connectivity index (χ3n) is 5.35. The zero-order chi connectivity index (χ0) is 34.5. The molecule has 0 radical (unpaired) electrons. The van der Waals surface area contributed by atoms with Crippen LogP contribution in [0.15, 0.2) is 29.2 Å². The molecule has 14 nitrogen and oxygen atoms in total. The molecule has 0 heterocycles. The Bertz CT molecular complexity index is 1100. The Morgan fingerprint density at radius 2 is 1.13 bits per heavy atom. The molecule has 18 heteroatoms. The van der Waals surface area contributed by atoms with Crippen LogP contribution in [0.1, 0.15) is 20.8 Å².